The molecule has 3 aromatic rings. The average Bonchev–Trinajstić information content (AvgIpc) is 3.64. The Morgan fingerprint density at radius 2 is 1.91 bits per heavy atom. The number of hydrogen-bond donors (Lipinski definition) is 2. The second-order valence-electron chi connectivity index (χ2n) is 8.51. The molecule has 1 aliphatic rings. The molecule has 1 aromatic carbocycles. The summed E-state index contributed by atoms with van der Waals surface area (Å²) in [5, 5.41) is 0. The maximum atomic E-state index is 13.8. The van der Waals surface area contributed by atoms with Crippen molar-refractivity contribution in [3.63, 3.8) is 0 Å². The molecule has 180 valence electrons. The van der Waals surface area contributed by atoms with Crippen LogP contribution in [0, 0.1) is 17.8 Å². The van der Waals surface area contributed by atoms with E-state index < -0.39 is 23.2 Å². The SMILES string of the molecule is NC(=O)CCCCc1ccc(C(F)(F)F)c(-c2nc(-c3ccc(C#CC4CC4)cn3)cc(=O)[nH]2)c1. The minimum absolute atomic E-state index is 0.158. The Hall–Kier alpha value is -3.93. The molecule has 0 spiro atoms. The van der Waals surface area contributed by atoms with Crippen molar-refractivity contribution in [3.8, 4) is 34.6 Å². The zero-order valence-electron chi connectivity index (χ0n) is 18.8. The predicted octanol–water partition coefficient (Wildman–Crippen LogP) is 4.48. The van der Waals surface area contributed by atoms with E-state index in [0.29, 0.717) is 42.0 Å². The molecule has 0 atom stereocenters. The summed E-state index contributed by atoms with van der Waals surface area (Å²) in [6.07, 6.45) is 0.894. The van der Waals surface area contributed by atoms with Gasteiger partial charge < -0.3 is 10.7 Å². The zero-order valence-corrected chi connectivity index (χ0v) is 18.8. The number of aromatic nitrogens is 3. The van der Waals surface area contributed by atoms with Crippen molar-refractivity contribution in [1.29, 1.82) is 0 Å². The van der Waals surface area contributed by atoms with Gasteiger partial charge in [0.1, 0.15) is 5.82 Å². The third kappa shape index (κ3) is 6.57. The number of alkyl halides is 3. The highest BCUT2D eigenvalue weighted by Crippen LogP contribution is 2.37. The average molecular weight is 480 g/mol. The van der Waals surface area contributed by atoms with Crippen molar-refractivity contribution >= 4 is 5.91 Å². The number of benzene rings is 1. The number of carbonyl (C=O) groups excluding carboxylic acids is 1. The summed E-state index contributed by atoms with van der Waals surface area (Å²) >= 11 is 0. The lowest BCUT2D eigenvalue weighted by Gasteiger charge is -2.14. The monoisotopic (exact) mass is 480 g/mol. The maximum Gasteiger partial charge on any atom is 0.417 e. The van der Waals surface area contributed by atoms with E-state index in [1.807, 2.05) is 0 Å². The quantitative estimate of drug-likeness (QED) is 0.385. The molecule has 1 aliphatic carbocycles. The van der Waals surface area contributed by atoms with Gasteiger partial charge >= 0.3 is 6.18 Å². The van der Waals surface area contributed by atoms with E-state index in [-0.39, 0.29) is 23.5 Å². The van der Waals surface area contributed by atoms with E-state index in [1.165, 1.54) is 18.2 Å². The molecule has 4 rings (SSSR count). The first-order chi connectivity index (χ1) is 16.7. The molecule has 0 unspecified atom stereocenters. The van der Waals surface area contributed by atoms with Gasteiger partial charge in [-0.1, -0.05) is 17.9 Å². The molecule has 1 amide bonds. The van der Waals surface area contributed by atoms with Gasteiger partial charge in [0.05, 0.1) is 17.0 Å². The van der Waals surface area contributed by atoms with Crippen LogP contribution in [0.15, 0.2) is 47.4 Å². The summed E-state index contributed by atoms with van der Waals surface area (Å²) < 4.78 is 41.3. The van der Waals surface area contributed by atoms with Gasteiger partial charge in [-0.3, -0.25) is 14.6 Å². The molecule has 2 aromatic heterocycles. The second-order valence-corrected chi connectivity index (χ2v) is 8.51. The van der Waals surface area contributed by atoms with Crippen LogP contribution in [0.2, 0.25) is 0 Å². The van der Waals surface area contributed by atoms with Gasteiger partial charge in [0.25, 0.3) is 5.56 Å². The van der Waals surface area contributed by atoms with Crippen molar-refractivity contribution in [1.82, 2.24) is 15.0 Å². The first-order valence-electron chi connectivity index (χ1n) is 11.3. The van der Waals surface area contributed by atoms with Crippen LogP contribution in [0.5, 0.6) is 0 Å². The van der Waals surface area contributed by atoms with E-state index in [9.17, 15) is 22.8 Å². The maximum absolute atomic E-state index is 13.8. The second kappa shape index (κ2) is 10.1. The fourth-order valence-electron chi connectivity index (χ4n) is 3.57. The van der Waals surface area contributed by atoms with Crippen LogP contribution < -0.4 is 11.3 Å². The standard InChI is InChI=1S/C26H23F3N4O2/c27-26(28,29)20-11-9-17(3-1-2-4-23(30)34)13-19(20)25-32-22(14-24(35)33-25)21-12-10-18(15-31-21)8-7-16-5-6-16/h9-16H,1-6H2,(H2,30,34)(H,32,33,35). The topological polar surface area (TPSA) is 102 Å². The van der Waals surface area contributed by atoms with E-state index in [2.05, 4.69) is 26.8 Å². The van der Waals surface area contributed by atoms with Crippen LogP contribution >= 0.6 is 0 Å². The van der Waals surface area contributed by atoms with E-state index in [0.717, 1.165) is 18.9 Å². The number of amides is 1. The van der Waals surface area contributed by atoms with Gasteiger partial charge in [-0.15, -0.1) is 0 Å². The van der Waals surface area contributed by atoms with Crippen molar-refractivity contribution in [2.24, 2.45) is 11.7 Å². The Kier molecular flexibility index (Phi) is 7.01. The first-order valence-corrected chi connectivity index (χ1v) is 11.3. The number of rotatable bonds is 7. The highest BCUT2D eigenvalue weighted by Gasteiger charge is 2.34. The Morgan fingerprint density at radius 1 is 1.11 bits per heavy atom. The normalized spacial score (nSPS) is 13.2. The molecular weight excluding hydrogens is 457 g/mol. The zero-order chi connectivity index (χ0) is 25.0. The van der Waals surface area contributed by atoms with Crippen LogP contribution in [0.25, 0.3) is 22.8 Å². The van der Waals surface area contributed by atoms with E-state index in [4.69, 9.17) is 5.73 Å². The van der Waals surface area contributed by atoms with Crippen molar-refractivity contribution in [3.05, 3.63) is 69.6 Å². The fourth-order valence-corrected chi connectivity index (χ4v) is 3.57. The Bertz CT molecular complexity index is 1350. The number of H-pyrrole nitrogens is 1. The van der Waals surface area contributed by atoms with Gasteiger partial charge in [0, 0.05) is 35.7 Å². The molecule has 1 saturated carbocycles. The number of primary amides is 1. The van der Waals surface area contributed by atoms with Gasteiger partial charge in [-0.05, 0) is 61.9 Å². The van der Waals surface area contributed by atoms with Gasteiger partial charge in [0.15, 0.2) is 0 Å². The number of pyridine rings is 1. The van der Waals surface area contributed by atoms with E-state index in [1.54, 1.807) is 18.3 Å². The Morgan fingerprint density at radius 3 is 2.57 bits per heavy atom. The largest absolute Gasteiger partial charge is 0.417 e. The summed E-state index contributed by atoms with van der Waals surface area (Å²) in [6.45, 7) is 0. The van der Waals surface area contributed by atoms with Gasteiger partial charge in [-0.25, -0.2) is 4.98 Å². The molecule has 0 bridgehead atoms. The highest BCUT2D eigenvalue weighted by atomic mass is 19.4. The number of unbranched alkanes of at least 4 members (excludes halogenated alkanes) is 1. The van der Waals surface area contributed by atoms with Crippen molar-refractivity contribution in [2.75, 3.05) is 0 Å². The molecule has 35 heavy (non-hydrogen) atoms. The summed E-state index contributed by atoms with van der Waals surface area (Å²) in [6, 6.07) is 8.33. The minimum atomic E-state index is -4.64. The van der Waals surface area contributed by atoms with Crippen LogP contribution in [0.1, 0.15) is 48.8 Å². The lowest BCUT2D eigenvalue weighted by molar-refractivity contribution is -0.137. The van der Waals surface area contributed by atoms with Crippen LogP contribution in [0.3, 0.4) is 0 Å². The number of carbonyl (C=O) groups is 1. The summed E-state index contributed by atoms with van der Waals surface area (Å²) in [5.74, 6) is 5.99. The van der Waals surface area contributed by atoms with Crippen LogP contribution in [-0.2, 0) is 17.4 Å². The molecule has 6 nitrogen and oxygen atoms in total. The third-order valence-corrected chi connectivity index (χ3v) is 5.55. The Labute approximate surface area is 199 Å². The predicted molar refractivity (Wildman–Crippen MR) is 125 cm³/mol. The molecule has 3 N–H and O–H groups in total. The molecule has 0 saturated heterocycles. The fraction of sp³-hybridized carbons (Fsp3) is 0.308. The molecular formula is C26H23F3N4O2. The smallest absolute Gasteiger partial charge is 0.370 e. The number of nitrogens with one attached hydrogen (secondary N) is 1. The summed E-state index contributed by atoms with van der Waals surface area (Å²) in [5.41, 5.74) is 5.27. The molecule has 0 aliphatic heterocycles. The van der Waals surface area contributed by atoms with Gasteiger partial charge in [0.2, 0.25) is 5.91 Å². The Balaban J connectivity index is 1.66. The number of hydrogen-bond acceptors (Lipinski definition) is 4. The highest BCUT2D eigenvalue weighted by molar-refractivity contribution is 5.73. The van der Waals surface area contributed by atoms with Gasteiger partial charge in [-0.2, -0.15) is 13.2 Å². The molecule has 1 fully saturated rings. The van der Waals surface area contributed by atoms with Crippen molar-refractivity contribution < 1.29 is 18.0 Å². The number of aromatic amines is 1. The number of nitrogens with two attached hydrogens (primary N) is 1. The number of aryl methyl sites for hydroxylation is 1. The van der Waals surface area contributed by atoms with Crippen LogP contribution in [-0.4, -0.2) is 20.9 Å². The van der Waals surface area contributed by atoms with Crippen LogP contribution in [0.4, 0.5) is 13.2 Å². The lowest BCUT2D eigenvalue weighted by atomic mass is 9.99. The summed E-state index contributed by atoms with van der Waals surface area (Å²) in [7, 11) is 0. The molecule has 0 radical (unpaired) electrons. The molecule has 9 heteroatoms. The number of nitrogens with zero attached hydrogens (tertiary/aromatic N) is 2. The minimum Gasteiger partial charge on any atom is -0.370 e. The summed E-state index contributed by atoms with van der Waals surface area (Å²) in [4.78, 5) is 34.3. The number of halogens is 3. The first kappa shape index (κ1) is 24.2. The molecule has 2 heterocycles. The lowest BCUT2D eigenvalue weighted by Crippen LogP contribution is -2.13. The third-order valence-electron chi connectivity index (χ3n) is 5.55. The van der Waals surface area contributed by atoms with E-state index >= 15 is 0 Å². The van der Waals surface area contributed by atoms with Crippen molar-refractivity contribution in [2.45, 2.75) is 44.7 Å².